The van der Waals surface area contributed by atoms with Gasteiger partial charge in [-0.15, -0.1) is 0 Å². The first-order chi connectivity index (χ1) is 19.0. The van der Waals surface area contributed by atoms with E-state index in [9.17, 15) is 30.8 Å². The lowest BCUT2D eigenvalue weighted by atomic mass is 10.1. The lowest BCUT2D eigenvalue weighted by molar-refractivity contribution is -0.137. The third kappa shape index (κ3) is 5.79. The van der Waals surface area contributed by atoms with Crippen molar-refractivity contribution in [2.75, 3.05) is 55.1 Å². The average molecular weight is 580 g/mol. The standard InChI is InChI=1S/C27H25F4N3O5S/c28-20-4-6-21(7-5-20)34(40(36,37)23-8-9-24-25(17-23)39-15-14-38-24)18-26(35)33-12-10-32(11-13-33)22-3-1-2-19(16-22)27(29,30)31/h1-9,16-17H,10-15,18H2. The zero-order valence-corrected chi connectivity index (χ0v) is 21.9. The summed E-state index contributed by atoms with van der Waals surface area (Å²) in [6.45, 7) is 0.898. The van der Waals surface area contributed by atoms with Crippen molar-refractivity contribution >= 4 is 27.3 Å². The van der Waals surface area contributed by atoms with E-state index in [0.717, 1.165) is 28.6 Å². The third-order valence-corrected chi connectivity index (χ3v) is 8.44. The van der Waals surface area contributed by atoms with Crippen molar-refractivity contribution in [3.8, 4) is 11.5 Å². The lowest BCUT2D eigenvalue weighted by Gasteiger charge is -2.37. The van der Waals surface area contributed by atoms with Crippen LogP contribution in [0.2, 0.25) is 0 Å². The van der Waals surface area contributed by atoms with Gasteiger partial charge in [0, 0.05) is 37.9 Å². The van der Waals surface area contributed by atoms with Crippen LogP contribution < -0.4 is 18.7 Å². The number of carbonyl (C=O) groups is 1. The Hall–Kier alpha value is -4.00. The van der Waals surface area contributed by atoms with Crippen LogP contribution >= 0.6 is 0 Å². The van der Waals surface area contributed by atoms with Crippen molar-refractivity contribution in [2.24, 2.45) is 0 Å². The van der Waals surface area contributed by atoms with Gasteiger partial charge in [0.05, 0.1) is 16.1 Å². The highest BCUT2D eigenvalue weighted by Gasteiger charge is 2.33. The van der Waals surface area contributed by atoms with Crippen molar-refractivity contribution in [3.63, 3.8) is 0 Å². The summed E-state index contributed by atoms with van der Waals surface area (Å²) < 4.78 is 92.4. The number of piperazine rings is 1. The van der Waals surface area contributed by atoms with Crippen LogP contribution in [0.5, 0.6) is 11.5 Å². The second-order valence-electron chi connectivity index (χ2n) is 9.21. The van der Waals surface area contributed by atoms with Gasteiger partial charge in [-0.1, -0.05) is 6.07 Å². The summed E-state index contributed by atoms with van der Waals surface area (Å²) in [7, 11) is -4.30. The van der Waals surface area contributed by atoms with Gasteiger partial charge in [-0.3, -0.25) is 9.10 Å². The van der Waals surface area contributed by atoms with Gasteiger partial charge in [-0.2, -0.15) is 13.2 Å². The van der Waals surface area contributed by atoms with Crippen LogP contribution in [0.25, 0.3) is 0 Å². The number of hydrogen-bond donors (Lipinski definition) is 0. The fourth-order valence-corrected chi connectivity index (χ4v) is 5.98. The summed E-state index contributed by atoms with van der Waals surface area (Å²) in [6.07, 6.45) is -4.47. The number of sulfonamides is 1. The van der Waals surface area contributed by atoms with Gasteiger partial charge in [0.1, 0.15) is 25.6 Å². The molecule has 0 radical (unpaired) electrons. The van der Waals surface area contributed by atoms with E-state index < -0.39 is 40.0 Å². The van der Waals surface area contributed by atoms with E-state index in [1.807, 2.05) is 0 Å². The Morgan fingerprint density at radius 3 is 2.23 bits per heavy atom. The highest BCUT2D eigenvalue weighted by atomic mass is 32.2. The van der Waals surface area contributed by atoms with Crippen molar-refractivity contribution in [1.82, 2.24) is 4.90 Å². The third-order valence-electron chi connectivity index (χ3n) is 6.67. The predicted octanol–water partition coefficient (Wildman–Crippen LogP) is 4.16. The fraction of sp³-hybridized carbons (Fsp3) is 0.296. The maximum Gasteiger partial charge on any atom is 0.416 e. The molecule has 0 atom stereocenters. The number of rotatable bonds is 6. The number of amides is 1. The minimum atomic E-state index is -4.47. The van der Waals surface area contributed by atoms with Crippen molar-refractivity contribution < 1.29 is 40.2 Å². The maximum absolute atomic E-state index is 13.7. The number of ether oxygens (including phenoxy) is 2. The van der Waals surface area contributed by atoms with E-state index in [4.69, 9.17) is 9.47 Å². The van der Waals surface area contributed by atoms with Crippen molar-refractivity contribution in [3.05, 3.63) is 78.1 Å². The molecule has 13 heteroatoms. The normalized spacial score (nSPS) is 15.6. The van der Waals surface area contributed by atoms with Gasteiger partial charge in [0.15, 0.2) is 11.5 Å². The summed E-state index contributed by atoms with van der Waals surface area (Å²) in [5.41, 5.74) is -0.286. The summed E-state index contributed by atoms with van der Waals surface area (Å²) in [5.74, 6) is -0.428. The molecule has 0 aromatic heterocycles. The molecule has 3 aromatic carbocycles. The highest BCUT2D eigenvalue weighted by molar-refractivity contribution is 7.92. The van der Waals surface area contributed by atoms with Gasteiger partial charge in [-0.25, -0.2) is 12.8 Å². The molecule has 2 aliphatic heterocycles. The Bertz CT molecular complexity index is 1490. The molecule has 1 fully saturated rings. The number of anilines is 2. The summed E-state index contributed by atoms with van der Waals surface area (Å²) in [5, 5.41) is 0. The monoisotopic (exact) mass is 579 g/mol. The Morgan fingerprint density at radius 2 is 1.55 bits per heavy atom. The first-order valence-corrected chi connectivity index (χ1v) is 13.8. The number of benzene rings is 3. The van der Waals surface area contributed by atoms with Crippen molar-refractivity contribution in [2.45, 2.75) is 11.1 Å². The molecule has 1 saturated heterocycles. The molecule has 212 valence electrons. The number of nitrogens with zero attached hydrogens (tertiary/aromatic N) is 3. The van der Waals surface area contributed by atoms with E-state index in [2.05, 4.69) is 0 Å². The lowest BCUT2D eigenvalue weighted by Crippen LogP contribution is -2.52. The number of alkyl halides is 3. The van der Waals surface area contributed by atoms with Crippen molar-refractivity contribution in [1.29, 1.82) is 0 Å². The minimum absolute atomic E-state index is 0.0900. The first-order valence-electron chi connectivity index (χ1n) is 12.4. The summed E-state index contributed by atoms with van der Waals surface area (Å²) in [6, 6.07) is 13.8. The quantitative estimate of drug-likeness (QED) is 0.409. The zero-order chi connectivity index (χ0) is 28.5. The Balaban J connectivity index is 1.34. The molecule has 3 aromatic rings. The number of halogens is 4. The Kier molecular flexibility index (Phi) is 7.49. The molecule has 2 heterocycles. The zero-order valence-electron chi connectivity index (χ0n) is 21.1. The van der Waals surface area contributed by atoms with Crippen LogP contribution in [-0.2, 0) is 21.0 Å². The Labute approximate surface area is 228 Å². The number of hydrogen-bond acceptors (Lipinski definition) is 6. The fourth-order valence-electron chi connectivity index (χ4n) is 4.55. The largest absolute Gasteiger partial charge is 0.486 e. The van der Waals surface area contributed by atoms with Crippen LogP contribution in [0.15, 0.2) is 71.6 Å². The molecule has 8 nitrogen and oxygen atoms in total. The van der Waals surface area contributed by atoms with E-state index in [1.165, 1.54) is 41.3 Å². The van der Waals surface area contributed by atoms with Crippen LogP contribution in [0.3, 0.4) is 0 Å². The van der Waals surface area contributed by atoms with Crippen LogP contribution in [0.1, 0.15) is 5.56 Å². The number of fused-ring (bicyclic) bond motifs is 1. The second-order valence-corrected chi connectivity index (χ2v) is 11.1. The van der Waals surface area contributed by atoms with Gasteiger partial charge < -0.3 is 19.3 Å². The highest BCUT2D eigenvalue weighted by Crippen LogP contribution is 2.35. The maximum atomic E-state index is 13.7. The van der Waals surface area contributed by atoms with Gasteiger partial charge in [0.25, 0.3) is 10.0 Å². The summed E-state index contributed by atoms with van der Waals surface area (Å²) in [4.78, 5) is 16.4. The SMILES string of the molecule is O=C(CN(c1ccc(F)cc1)S(=O)(=O)c1ccc2c(c1)OCCO2)N1CCN(c2cccc(C(F)(F)F)c2)CC1. The van der Waals surface area contributed by atoms with Crippen LogP contribution in [-0.4, -0.2) is 65.2 Å². The molecule has 2 aliphatic rings. The molecule has 1 amide bonds. The molecule has 5 rings (SSSR count). The van der Waals surface area contributed by atoms with Crippen LogP contribution in [0.4, 0.5) is 28.9 Å². The van der Waals surface area contributed by atoms with Gasteiger partial charge in [-0.05, 0) is 54.6 Å². The average Bonchev–Trinajstić information content (AvgIpc) is 2.95. The second kappa shape index (κ2) is 10.9. The molecule has 0 bridgehead atoms. The van der Waals surface area contributed by atoms with E-state index >= 15 is 0 Å². The minimum Gasteiger partial charge on any atom is -0.486 e. The molecular formula is C27H25F4N3O5S. The topological polar surface area (TPSA) is 79.4 Å². The molecule has 0 saturated carbocycles. The van der Waals surface area contributed by atoms with Crippen LogP contribution in [0, 0.1) is 5.82 Å². The first kappa shape index (κ1) is 27.6. The predicted molar refractivity (Wildman–Crippen MR) is 139 cm³/mol. The molecule has 0 unspecified atom stereocenters. The Morgan fingerprint density at radius 1 is 0.875 bits per heavy atom. The molecule has 0 aliphatic carbocycles. The van der Waals surface area contributed by atoms with Gasteiger partial charge in [0.2, 0.25) is 5.91 Å². The number of carbonyl (C=O) groups excluding carboxylic acids is 1. The summed E-state index contributed by atoms with van der Waals surface area (Å²) >= 11 is 0. The van der Waals surface area contributed by atoms with E-state index in [-0.39, 0.29) is 49.1 Å². The molecule has 40 heavy (non-hydrogen) atoms. The molecule has 0 spiro atoms. The smallest absolute Gasteiger partial charge is 0.416 e. The van der Waals surface area contributed by atoms with Gasteiger partial charge >= 0.3 is 6.18 Å². The van der Waals surface area contributed by atoms with E-state index in [0.29, 0.717) is 18.0 Å². The molecular weight excluding hydrogens is 554 g/mol. The molecule has 0 N–H and O–H groups in total. The van der Waals surface area contributed by atoms with E-state index in [1.54, 1.807) is 11.0 Å².